The van der Waals surface area contributed by atoms with Gasteiger partial charge in [0.15, 0.2) is 12.3 Å². The SMILES string of the molecule is CNNC1=NC=NC2C1CC[N+]2([O-])[C@@H]1O[C@H]([C@H](O)c2ccc(Cl)c(Cl)c2)[C@@](C)(O)[C@H]1O. The van der Waals surface area contributed by atoms with Gasteiger partial charge in [0, 0.05) is 13.5 Å². The maximum absolute atomic E-state index is 13.9. The predicted octanol–water partition coefficient (Wildman–Crippen LogP) is 0.689. The summed E-state index contributed by atoms with van der Waals surface area (Å²) in [7, 11) is 1.69. The maximum atomic E-state index is 13.9. The van der Waals surface area contributed by atoms with Crippen LogP contribution in [0.5, 0.6) is 0 Å². The zero-order valence-electron chi connectivity index (χ0n) is 16.9. The molecule has 0 spiro atoms. The Morgan fingerprint density at radius 1 is 1.35 bits per heavy atom. The molecule has 10 nitrogen and oxygen atoms in total. The van der Waals surface area contributed by atoms with Crippen molar-refractivity contribution < 1.29 is 24.7 Å². The van der Waals surface area contributed by atoms with Gasteiger partial charge in [0.25, 0.3) is 0 Å². The number of likely N-dealkylation sites (tertiary alicyclic amines) is 1. The van der Waals surface area contributed by atoms with Crippen LogP contribution in [0.2, 0.25) is 10.0 Å². The van der Waals surface area contributed by atoms with E-state index in [1.807, 2.05) is 0 Å². The molecule has 5 N–H and O–H groups in total. The summed E-state index contributed by atoms with van der Waals surface area (Å²) in [6.07, 6.45) is -4.56. The van der Waals surface area contributed by atoms with Gasteiger partial charge in [-0.05, 0) is 24.6 Å². The van der Waals surface area contributed by atoms with E-state index in [0.29, 0.717) is 22.8 Å². The fraction of sp³-hybridized carbons (Fsp3) is 0.579. The molecule has 2 fully saturated rings. The second kappa shape index (κ2) is 8.22. The molecule has 3 aliphatic heterocycles. The van der Waals surface area contributed by atoms with Gasteiger partial charge in [0.05, 0.1) is 22.5 Å². The molecule has 170 valence electrons. The van der Waals surface area contributed by atoms with Gasteiger partial charge in [-0.1, -0.05) is 29.3 Å². The molecule has 4 rings (SSSR count). The van der Waals surface area contributed by atoms with Crippen molar-refractivity contribution in [2.24, 2.45) is 15.9 Å². The van der Waals surface area contributed by atoms with Crippen molar-refractivity contribution in [2.45, 2.75) is 49.7 Å². The first-order valence-electron chi connectivity index (χ1n) is 9.90. The van der Waals surface area contributed by atoms with Gasteiger partial charge in [-0.3, -0.25) is 0 Å². The Balaban J connectivity index is 1.61. The Morgan fingerprint density at radius 3 is 2.77 bits per heavy atom. The normalized spacial score (nSPS) is 40.5. The molecule has 31 heavy (non-hydrogen) atoms. The first kappa shape index (κ1) is 22.8. The van der Waals surface area contributed by atoms with E-state index in [9.17, 15) is 20.5 Å². The molecule has 0 bridgehead atoms. The molecule has 3 aliphatic rings. The zero-order chi connectivity index (χ0) is 22.6. The lowest BCUT2D eigenvalue weighted by Gasteiger charge is -2.48. The van der Waals surface area contributed by atoms with E-state index in [-0.39, 0.29) is 17.5 Å². The molecule has 0 aromatic heterocycles. The fourth-order valence-corrected chi connectivity index (χ4v) is 4.94. The summed E-state index contributed by atoms with van der Waals surface area (Å²) in [5.41, 5.74) is 4.15. The van der Waals surface area contributed by atoms with Crippen LogP contribution in [0.4, 0.5) is 0 Å². The molecule has 2 saturated heterocycles. The minimum Gasteiger partial charge on any atom is -0.629 e. The van der Waals surface area contributed by atoms with E-state index in [1.165, 1.54) is 25.4 Å². The van der Waals surface area contributed by atoms with Crippen LogP contribution in [0.3, 0.4) is 0 Å². The van der Waals surface area contributed by atoms with Gasteiger partial charge < -0.3 is 35.3 Å². The standard InChI is InChI=1S/C19H25Cl2N5O5/c1-19(29)14(28)18(31-15(19)13(27)9-3-4-11(20)12(21)7-9)26(30)6-5-10-16(25-22-2)23-8-24-17(10)26/h3-4,7-8,10,13-15,17-18,22,27-29H,5-6H2,1-2H3,(H,23,24,25)/t10?,13-,14+,15-,17?,18-,19+,26?/m1/s1. The molecule has 12 heteroatoms. The average molecular weight is 474 g/mol. The number of aliphatic imine (C=N–C) groups is 2. The molecule has 8 atom stereocenters. The van der Waals surface area contributed by atoms with Crippen LogP contribution >= 0.6 is 23.2 Å². The summed E-state index contributed by atoms with van der Waals surface area (Å²) >= 11 is 12.0. The number of hydrogen-bond donors (Lipinski definition) is 5. The third kappa shape index (κ3) is 3.65. The second-order valence-electron chi connectivity index (χ2n) is 8.28. The van der Waals surface area contributed by atoms with Crippen molar-refractivity contribution in [2.75, 3.05) is 13.6 Å². The van der Waals surface area contributed by atoms with Crippen LogP contribution in [-0.4, -0.2) is 75.9 Å². The van der Waals surface area contributed by atoms with Gasteiger partial charge >= 0.3 is 0 Å². The number of aliphatic hydroxyl groups is 3. The molecule has 3 unspecified atom stereocenters. The molecule has 1 aromatic rings. The van der Waals surface area contributed by atoms with E-state index in [4.69, 9.17) is 27.9 Å². The van der Waals surface area contributed by atoms with Crippen molar-refractivity contribution in [3.05, 3.63) is 39.0 Å². The number of hydroxylamine groups is 3. The highest BCUT2D eigenvalue weighted by Gasteiger charge is 2.64. The summed E-state index contributed by atoms with van der Waals surface area (Å²) in [6, 6.07) is 4.51. The smallest absolute Gasteiger partial charge is 0.224 e. The van der Waals surface area contributed by atoms with Gasteiger partial charge in [-0.25, -0.2) is 15.4 Å². The largest absolute Gasteiger partial charge is 0.629 e. The van der Waals surface area contributed by atoms with Gasteiger partial charge in [-0.2, -0.15) is 0 Å². The van der Waals surface area contributed by atoms with Gasteiger partial charge in [-0.15, -0.1) is 0 Å². The van der Waals surface area contributed by atoms with E-state index in [2.05, 4.69) is 20.8 Å². The van der Waals surface area contributed by atoms with Crippen molar-refractivity contribution in [1.82, 2.24) is 10.9 Å². The predicted molar refractivity (Wildman–Crippen MR) is 115 cm³/mol. The van der Waals surface area contributed by atoms with E-state index >= 15 is 0 Å². The van der Waals surface area contributed by atoms with Crippen LogP contribution < -0.4 is 10.9 Å². The van der Waals surface area contributed by atoms with Crippen molar-refractivity contribution in [1.29, 1.82) is 0 Å². The molecule has 1 aromatic carbocycles. The Kier molecular flexibility index (Phi) is 6.05. The number of hydrogen-bond acceptors (Lipinski definition) is 9. The number of amidine groups is 1. The summed E-state index contributed by atoms with van der Waals surface area (Å²) < 4.78 is 4.90. The first-order chi connectivity index (χ1) is 14.6. The number of fused-ring (bicyclic) bond motifs is 1. The molecule has 0 radical (unpaired) electrons. The van der Waals surface area contributed by atoms with Crippen LogP contribution in [0.1, 0.15) is 25.0 Å². The molecule has 0 saturated carbocycles. The molecular formula is C19H25Cl2N5O5. The van der Waals surface area contributed by atoms with Crippen LogP contribution in [0.25, 0.3) is 0 Å². The Labute approximate surface area is 189 Å². The number of hydrazine groups is 1. The van der Waals surface area contributed by atoms with E-state index < -0.39 is 41.0 Å². The van der Waals surface area contributed by atoms with Crippen LogP contribution in [0, 0.1) is 11.1 Å². The topological polar surface area (TPSA) is 142 Å². The average Bonchev–Trinajstić information content (AvgIpc) is 3.20. The van der Waals surface area contributed by atoms with Crippen molar-refractivity contribution in [3.8, 4) is 0 Å². The third-order valence-corrected chi connectivity index (χ3v) is 7.09. The number of ether oxygens (including phenoxy) is 1. The van der Waals surface area contributed by atoms with E-state index in [0.717, 1.165) is 0 Å². The van der Waals surface area contributed by atoms with Gasteiger partial charge in [0.2, 0.25) is 6.23 Å². The maximum Gasteiger partial charge on any atom is 0.224 e. The Bertz CT molecular complexity index is 916. The van der Waals surface area contributed by atoms with E-state index in [1.54, 1.807) is 13.1 Å². The number of aliphatic hydroxyl groups excluding tert-OH is 2. The molecular weight excluding hydrogens is 449 g/mol. The van der Waals surface area contributed by atoms with Crippen molar-refractivity contribution in [3.63, 3.8) is 0 Å². The van der Waals surface area contributed by atoms with Crippen molar-refractivity contribution >= 4 is 35.4 Å². The Morgan fingerprint density at radius 2 is 2.10 bits per heavy atom. The summed E-state index contributed by atoms with van der Waals surface area (Å²) in [6.45, 7) is 1.44. The molecule has 0 aliphatic carbocycles. The fourth-order valence-electron chi connectivity index (χ4n) is 4.64. The van der Waals surface area contributed by atoms with Gasteiger partial charge in [0.1, 0.15) is 30.0 Å². The lowest BCUT2D eigenvalue weighted by molar-refractivity contribution is -0.941. The number of rotatable bonds is 4. The Hall–Kier alpha value is -1.34. The second-order valence-corrected chi connectivity index (χ2v) is 9.09. The number of quaternary nitrogens is 1. The monoisotopic (exact) mass is 473 g/mol. The first-order valence-corrected chi connectivity index (χ1v) is 10.7. The lowest BCUT2D eigenvalue weighted by Crippen LogP contribution is -2.61. The lowest BCUT2D eigenvalue weighted by atomic mass is 9.88. The minimum absolute atomic E-state index is 0.102. The number of nitrogens with one attached hydrogen (secondary N) is 2. The molecule has 3 heterocycles. The summed E-state index contributed by atoms with van der Waals surface area (Å²) in [4.78, 5) is 8.45. The van der Waals surface area contributed by atoms with Crippen LogP contribution in [-0.2, 0) is 4.74 Å². The quantitative estimate of drug-likeness (QED) is 0.246. The zero-order valence-corrected chi connectivity index (χ0v) is 18.5. The highest BCUT2D eigenvalue weighted by molar-refractivity contribution is 6.42. The number of halogens is 2. The minimum atomic E-state index is -1.90. The summed E-state index contributed by atoms with van der Waals surface area (Å²) in [5.74, 6) is 0.278. The highest BCUT2D eigenvalue weighted by Crippen LogP contribution is 2.46. The van der Waals surface area contributed by atoms with Crippen LogP contribution in [0.15, 0.2) is 28.2 Å². The molecule has 0 amide bonds. The highest BCUT2D eigenvalue weighted by atomic mass is 35.5. The summed E-state index contributed by atoms with van der Waals surface area (Å²) in [5, 5.41) is 47.3. The number of nitrogens with zero attached hydrogens (tertiary/aromatic N) is 3. The third-order valence-electron chi connectivity index (χ3n) is 6.35. The number of benzene rings is 1.